The Morgan fingerprint density at radius 1 is 0.897 bits per heavy atom. The number of allylic oxidation sites excluding steroid dienone is 2. The number of hydrogen-bond acceptors (Lipinski definition) is 5. The summed E-state index contributed by atoms with van der Waals surface area (Å²) in [5.74, 6) is 0. The first-order valence-electron chi connectivity index (χ1n) is 12.1. The van der Waals surface area contributed by atoms with E-state index in [0.717, 1.165) is 12.8 Å². The predicted octanol–water partition coefficient (Wildman–Crippen LogP) is 4.52. The quantitative estimate of drug-likeness (QED) is 0.214. The average molecular weight is 415 g/mol. The largest absolute Gasteiger partial charge is 0.394 e. The van der Waals surface area contributed by atoms with E-state index in [0.29, 0.717) is 6.61 Å². The number of aliphatic hydroxyl groups is 3. The Hall–Kier alpha value is -0.460. The van der Waals surface area contributed by atoms with E-state index in [2.05, 4.69) is 19.1 Å². The van der Waals surface area contributed by atoms with Gasteiger partial charge in [0.25, 0.3) is 0 Å². The van der Waals surface area contributed by atoms with Crippen LogP contribution in [-0.4, -0.2) is 59.6 Å². The van der Waals surface area contributed by atoms with Crippen molar-refractivity contribution in [3.8, 4) is 0 Å². The second-order valence-electron chi connectivity index (χ2n) is 8.39. The monoisotopic (exact) mass is 414 g/mol. The highest BCUT2D eigenvalue weighted by molar-refractivity contribution is 4.89. The maximum absolute atomic E-state index is 9.89. The lowest BCUT2D eigenvalue weighted by Crippen LogP contribution is -2.42. The number of hydrogen-bond donors (Lipinski definition) is 3. The van der Waals surface area contributed by atoms with Crippen molar-refractivity contribution in [2.45, 2.75) is 121 Å². The topological polar surface area (TPSA) is 79.2 Å². The van der Waals surface area contributed by atoms with Crippen molar-refractivity contribution in [3.63, 3.8) is 0 Å². The van der Waals surface area contributed by atoms with Gasteiger partial charge < -0.3 is 24.8 Å². The molecule has 3 N–H and O–H groups in total. The summed E-state index contributed by atoms with van der Waals surface area (Å²) in [6.07, 6.45) is 19.5. The van der Waals surface area contributed by atoms with Crippen molar-refractivity contribution in [3.05, 3.63) is 12.2 Å². The normalized spacial score (nSPS) is 23.2. The molecule has 0 aromatic heterocycles. The zero-order valence-electron chi connectivity index (χ0n) is 18.6. The SMILES string of the molecule is CCCCC/C=C/CCCCCCCCCCCO[C@@H]1[C@H]([C@H](O)CO)OC[C@@H]1O. The number of rotatable bonds is 19. The van der Waals surface area contributed by atoms with Gasteiger partial charge in [0, 0.05) is 6.61 Å². The van der Waals surface area contributed by atoms with Crippen molar-refractivity contribution in [1.29, 1.82) is 0 Å². The summed E-state index contributed by atoms with van der Waals surface area (Å²) in [5, 5.41) is 28.7. The summed E-state index contributed by atoms with van der Waals surface area (Å²) in [6, 6.07) is 0. The fraction of sp³-hybridized carbons (Fsp3) is 0.917. The molecule has 0 unspecified atom stereocenters. The Bertz CT molecular complexity index is 387. The molecule has 0 aromatic rings. The van der Waals surface area contributed by atoms with Crippen LogP contribution in [0, 0.1) is 0 Å². The van der Waals surface area contributed by atoms with Crippen molar-refractivity contribution in [1.82, 2.24) is 0 Å². The van der Waals surface area contributed by atoms with Crippen LogP contribution < -0.4 is 0 Å². The molecular formula is C24H46O5. The van der Waals surface area contributed by atoms with Gasteiger partial charge in [-0.1, -0.05) is 76.9 Å². The summed E-state index contributed by atoms with van der Waals surface area (Å²) < 4.78 is 11.0. The Morgan fingerprint density at radius 3 is 2.03 bits per heavy atom. The third-order valence-electron chi connectivity index (χ3n) is 5.70. The molecule has 5 nitrogen and oxygen atoms in total. The van der Waals surface area contributed by atoms with Crippen LogP contribution in [0.4, 0.5) is 0 Å². The molecule has 0 spiro atoms. The molecule has 0 aliphatic carbocycles. The fourth-order valence-corrected chi connectivity index (χ4v) is 3.83. The zero-order chi connectivity index (χ0) is 21.2. The van der Waals surface area contributed by atoms with Crippen LogP contribution >= 0.6 is 0 Å². The van der Waals surface area contributed by atoms with E-state index >= 15 is 0 Å². The van der Waals surface area contributed by atoms with Crippen LogP contribution in [0.15, 0.2) is 12.2 Å². The number of ether oxygens (including phenoxy) is 2. The minimum absolute atomic E-state index is 0.154. The molecule has 1 aliphatic heterocycles. The molecule has 0 radical (unpaired) electrons. The predicted molar refractivity (Wildman–Crippen MR) is 118 cm³/mol. The zero-order valence-corrected chi connectivity index (χ0v) is 18.6. The van der Waals surface area contributed by atoms with E-state index in [1.54, 1.807) is 0 Å². The van der Waals surface area contributed by atoms with Crippen LogP contribution in [0.2, 0.25) is 0 Å². The first kappa shape index (κ1) is 26.6. The molecular weight excluding hydrogens is 368 g/mol. The minimum atomic E-state index is -1.00. The standard InChI is InChI=1S/C24H46O5/c1-2-3-4-5-6-7-8-9-10-11-12-13-14-15-16-17-18-28-24-22(27)20-29-23(24)21(26)19-25/h6-7,21-27H,2-5,8-20H2,1H3/b7-6+/t21-,22+,23+,24+/m1/s1. The van der Waals surface area contributed by atoms with E-state index in [9.17, 15) is 10.2 Å². The van der Waals surface area contributed by atoms with E-state index in [1.807, 2.05) is 0 Å². The van der Waals surface area contributed by atoms with Crippen molar-refractivity contribution in [2.75, 3.05) is 19.8 Å². The highest BCUT2D eigenvalue weighted by Crippen LogP contribution is 2.21. The molecule has 1 saturated heterocycles. The number of aliphatic hydroxyl groups excluding tert-OH is 3. The summed E-state index contributed by atoms with van der Waals surface area (Å²) in [6.45, 7) is 2.58. The highest BCUT2D eigenvalue weighted by atomic mass is 16.6. The molecule has 29 heavy (non-hydrogen) atoms. The molecule has 4 atom stereocenters. The number of unbranched alkanes of at least 4 members (excludes halogenated alkanes) is 12. The first-order chi connectivity index (χ1) is 14.2. The second-order valence-corrected chi connectivity index (χ2v) is 8.39. The van der Waals surface area contributed by atoms with Gasteiger partial charge in [-0.3, -0.25) is 0 Å². The van der Waals surface area contributed by atoms with Crippen LogP contribution in [0.5, 0.6) is 0 Å². The van der Waals surface area contributed by atoms with Crippen molar-refractivity contribution >= 4 is 0 Å². The molecule has 0 aromatic carbocycles. The van der Waals surface area contributed by atoms with Gasteiger partial charge in [-0.05, 0) is 32.1 Å². The Morgan fingerprint density at radius 2 is 1.45 bits per heavy atom. The lowest BCUT2D eigenvalue weighted by Gasteiger charge is -2.23. The van der Waals surface area contributed by atoms with Gasteiger partial charge in [0.05, 0.1) is 13.2 Å². The van der Waals surface area contributed by atoms with Gasteiger partial charge in [-0.15, -0.1) is 0 Å². The van der Waals surface area contributed by atoms with Gasteiger partial charge in [0.1, 0.15) is 24.4 Å². The molecule has 0 bridgehead atoms. The molecule has 1 rings (SSSR count). The average Bonchev–Trinajstić information content (AvgIpc) is 3.10. The third kappa shape index (κ3) is 12.7. The Kier molecular flexibility index (Phi) is 16.8. The molecule has 1 fully saturated rings. The van der Waals surface area contributed by atoms with Crippen LogP contribution in [0.3, 0.4) is 0 Å². The van der Waals surface area contributed by atoms with Gasteiger partial charge in [0.15, 0.2) is 0 Å². The lowest BCUT2D eigenvalue weighted by molar-refractivity contribution is -0.0938. The molecule has 1 aliphatic rings. The summed E-state index contributed by atoms with van der Waals surface area (Å²) in [4.78, 5) is 0. The van der Waals surface area contributed by atoms with Gasteiger partial charge in [0.2, 0.25) is 0 Å². The summed E-state index contributed by atoms with van der Waals surface area (Å²) in [5.41, 5.74) is 0. The summed E-state index contributed by atoms with van der Waals surface area (Å²) in [7, 11) is 0. The summed E-state index contributed by atoms with van der Waals surface area (Å²) >= 11 is 0. The van der Waals surface area contributed by atoms with Gasteiger partial charge >= 0.3 is 0 Å². The van der Waals surface area contributed by atoms with Crippen LogP contribution in [0.25, 0.3) is 0 Å². The van der Waals surface area contributed by atoms with Gasteiger partial charge in [-0.2, -0.15) is 0 Å². The van der Waals surface area contributed by atoms with E-state index in [-0.39, 0.29) is 13.2 Å². The first-order valence-corrected chi connectivity index (χ1v) is 12.1. The van der Waals surface area contributed by atoms with E-state index in [4.69, 9.17) is 14.6 Å². The maximum atomic E-state index is 9.89. The second kappa shape index (κ2) is 18.3. The Labute approximate surface area is 178 Å². The minimum Gasteiger partial charge on any atom is -0.394 e. The van der Waals surface area contributed by atoms with E-state index in [1.165, 1.54) is 77.0 Å². The van der Waals surface area contributed by atoms with Crippen molar-refractivity contribution in [2.24, 2.45) is 0 Å². The molecule has 0 amide bonds. The Balaban J connectivity index is 1.85. The highest BCUT2D eigenvalue weighted by Gasteiger charge is 2.40. The molecule has 1 heterocycles. The molecule has 5 heteroatoms. The molecule has 0 saturated carbocycles. The fourth-order valence-electron chi connectivity index (χ4n) is 3.83. The van der Waals surface area contributed by atoms with E-state index < -0.39 is 24.4 Å². The maximum Gasteiger partial charge on any atom is 0.114 e. The van der Waals surface area contributed by atoms with Gasteiger partial charge in [-0.25, -0.2) is 0 Å². The lowest BCUT2D eigenvalue weighted by atomic mass is 10.1. The van der Waals surface area contributed by atoms with Crippen LogP contribution in [0.1, 0.15) is 96.8 Å². The molecule has 172 valence electrons. The van der Waals surface area contributed by atoms with Crippen LogP contribution in [-0.2, 0) is 9.47 Å². The van der Waals surface area contributed by atoms with Crippen molar-refractivity contribution < 1.29 is 24.8 Å². The smallest absolute Gasteiger partial charge is 0.114 e. The third-order valence-corrected chi connectivity index (χ3v) is 5.70.